The second kappa shape index (κ2) is 4.71. The Balaban J connectivity index is 2.60. The second-order valence-corrected chi connectivity index (χ2v) is 5.30. The molecule has 0 saturated heterocycles. The van der Waals surface area contributed by atoms with E-state index in [9.17, 15) is 0 Å². The lowest BCUT2D eigenvalue weighted by atomic mass is 10.0. The maximum atomic E-state index is 9.00. The van der Waals surface area contributed by atoms with E-state index in [1.807, 2.05) is 32.0 Å². The van der Waals surface area contributed by atoms with Crippen molar-refractivity contribution >= 4 is 17.0 Å². The highest BCUT2D eigenvalue weighted by molar-refractivity contribution is 7.13. The third kappa shape index (κ3) is 1.93. The number of nitriles is 1. The number of nitrogen functional groups attached to an aromatic ring is 1. The molecule has 18 heavy (non-hydrogen) atoms. The minimum atomic E-state index is 0.574. The standard InChI is InChI=1S/C14H14N2OS/c1-8-6-10(4-5-11(8)17-3)13-9(2)18-12(7-15)14(13)16/h4-6H,16H2,1-3H3. The lowest BCUT2D eigenvalue weighted by Gasteiger charge is -2.08. The van der Waals surface area contributed by atoms with Crippen LogP contribution in [0.2, 0.25) is 0 Å². The molecule has 0 radical (unpaired) electrons. The first-order valence-electron chi connectivity index (χ1n) is 5.52. The lowest BCUT2D eigenvalue weighted by molar-refractivity contribution is 0.412. The van der Waals surface area contributed by atoms with Crippen LogP contribution in [0.3, 0.4) is 0 Å². The van der Waals surface area contributed by atoms with Crippen LogP contribution in [0, 0.1) is 25.2 Å². The summed E-state index contributed by atoms with van der Waals surface area (Å²) in [6.45, 7) is 3.97. The van der Waals surface area contributed by atoms with Gasteiger partial charge in [-0.1, -0.05) is 6.07 Å². The van der Waals surface area contributed by atoms with Gasteiger partial charge < -0.3 is 10.5 Å². The van der Waals surface area contributed by atoms with E-state index >= 15 is 0 Å². The highest BCUT2D eigenvalue weighted by Gasteiger charge is 2.15. The van der Waals surface area contributed by atoms with E-state index in [-0.39, 0.29) is 0 Å². The highest BCUT2D eigenvalue weighted by atomic mass is 32.1. The molecule has 0 aliphatic carbocycles. The van der Waals surface area contributed by atoms with Crippen LogP contribution >= 0.6 is 11.3 Å². The Kier molecular flexibility index (Phi) is 3.26. The molecule has 4 heteroatoms. The number of nitrogens with two attached hydrogens (primary N) is 1. The van der Waals surface area contributed by atoms with E-state index in [1.165, 1.54) is 11.3 Å². The molecule has 0 bridgehead atoms. The van der Waals surface area contributed by atoms with Crippen molar-refractivity contribution in [1.82, 2.24) is 0 Å². The zero-order valence-corrected chi connectivity index (χ0v) is 11.4. The van der Waals surface area contributed by atoms with Gasteiger partial charge in [-0.2, -0.15) is 5.26 Å². The predicted octanol–water partition coefficient (Wildman–Crippen LogP) is 3.49. The van der Waals surface area contributed by atoms with Gasteiger partial charge in [-0.3, -0.25) is 0 Å². The van der Waals surface area contributed by atoms with E-state index in [1.54, 1.807) is 7.11 Å². The molecular formula is C14H14N2OS. The highest BCUT2D eigenvalue weighted by Crippen LogP contribution is 2.39. The van der Waals surface area contributed by atoms with Crippen LogP contribution in [0.15, 0.2) is 18.2 Å². The third-order valence-corrected chi connectivity index (χ3v) is 3.93. The van der Waals surface area contributed by atoms with Gasteiger partial charge in [-0.15, -0.1) is 11.3 Å². The fraction of sp³-hybridized carbons (Fsp3) is 0.214. The SMILES string of the molecule is COc1ccc(-c2c(C)sc(C#N)c2N)cc1C. The summed E-state index contributed by atoms with van der Waals surface area (Å²) in [5, 5.41) is 9.00. The molecule has 1 heterocycles. The second-order valence-electron chi connectivity index (χ2n) is 4.07. The summed E-state index contributed by atoms with van der Waals surface area (Å²) in [5.41, 5.74) is 9.64. The zero-order valence-electron chi connectivity index (χ0n) is 10.6. The largest absolute Gasteiger partial charge is 0.496 e. The smallest absolute Gasteiger partial charge is 0.128 e. The summed E-state index contributed by atoms with van der Waals surface area (Å²) in [4.78, 5) is 1.64. The first-order valence-corrected chi connectivity index (χ1v) is 6.34. The third-order valence-electron chi connectivity index (χ3n) is 2.91. The van der Waals surface area contributed by atoms with Crippen LogP contribution < -0.4 is 10.5 Å². The van der Waals surface area contributed by atoms with Crippen molar-refractivity contribution in [2.75, 3.05) is 12.8 Å². The molecule has 0 aliphatic rings. The molecule has 1 aromatic carbocycles. The molecule has 92 valence electrons. The van der Waals surface area contributed by atoms with Crippen LogP contribution in [-0.4, -0.2) is 7.11 Å². The van der Waals surface area contributed by atoms with Gasteiger partial charge in [0.2, 0.25) is 0 Å². The number of ether oxygens (including phenoxy) is 1. The van der Waals surface area contributed by atoms with Crippen molar-refractivity contribution in [3.05, 3.63) is 33.5 Å². The van der Waals surface area contributed by atoms with Crippen LogP contribution in [0.4, 0.5) is 5.69 Å². The fourth-order valence-electron chi connectivity index (χ4n) is 2.04. The summed E-state index contributed by atoms with van der Waals surface area (Å²) < 4.78 is 5.24. The molecule has 2 N–H and O–H groups in total. The Hall–Kier alpha value is -1.99. The molecule has 0 amide bonds. The van der Waals surface area contributed by atoms with Crippen molar-refractivity contribution in [3.63, 3.8) is 0 Å². The normalized spacial score (nSPS) is 10.1. The Morgan fingerprint density at radius 1 is 1.33 bits per heavy atom. The summed E-state index contributed by atoms with van der Waals surface area (Å²) in [6.07, 6.45) is 0. The van der Waals surface area contributed by atoms with Crippen LogP contribution in [0.25, 0.3) is 11.1 Å². The number of aryl methyl sites for hydroxylation is 2. The van der Waals surface area contributed by atoms with Crippen LogP contribution in [-0.2, 0) is 0 Å². The molecule has 0 spiro atoms. The van der Waals surface area contributed by atoms with Crippen LogP contribution in [0.1, 0.15) is 15.3 Å². The molecule has 1 aromatic heterocycles. The fourth-order valence-corrected chi connectivity index (χ4v) is 2.93. The monoisotopic (exact) mass is 258 g/mol. The number of hydrogen-bond acceptors (Lipinski definition) is 4. The summed E-state index contributed by atoms with van der Waals surface area (Å²) in [6, 6.07) is 8.06. The first-order chi connectivity index (χ1) is 8.58. The average Bonchev–Trinajstić information content (AvgIpc) is 2.64. The molecule has 0 fully saturated rings. The number of rotatable bonds is 2. The molecule has 3 nitrogen and oxygen atoms in total. The number of benzene rings is 1. The maximum Gasteiger partial charge on any atom is 0.128 e. The molecule has 2 rings (SSSR count). The molecule has 0 unspecified atom stereocenters. The van der Waals surface area contributed by atoms with E-state index in [0.717, 1.165) is 27.3 Å². The van der Waals surface area contributed by atoms with Crippen molar-refractivity contribution in [2.24, 2.45) is 0 Å². The number of hydrogen-bond donors (Lipinski definition) is 1. The number of methoxy groups -OCH3 is 1. The van der Waals surface area contributed by atoms with Gasteiger partial charge in [0, 0.05) is 10.4 Å². The molecule has 0 atom stereocenters. The Morgan fingerprint density at radius 2 is 2.06 bits per heavy atom. The van der Waals surface area contributed by atoms with Crippen molar-refractivity contribution in [2.45, 2.75) is 13.8 Å². The number of nitrogens with zero attached hydrogens (tertiary/aromatic N) is 1. The summed E-state index contributed by atoms with van der Waals surface area (Å²) in [7, 11) is 1.65. The quantitative estimate of drug-likeness (QED) is 0.897. The van der Waals surface area contributed by atoms with E-state index < -0.39 is 0 Å². The van der Waals surface area contributed by atoms with Crippen molar-refractivity contribution in [3.8, 4) is 22.9 Å². The van der Waals surface area contributed by atoms with Gasteiger partial charge in [0.1, 0.15) is 16.7 Å². The van der Waals surface area contributed by atoms with Gasteiger partial charge in [-0.25, -0.2) is 0 Å². The minimum Gasteiger partial charge on any atom is -0.496 e. The van der Waals surface area contributed by atoms with Gasteiger partial charge >= 0.3 is 0 Å². The van der Waals surface area contributed by atoms with Gasteiger partial charge in [0.25, 0.3) is 0 Å². The van der Waals surface area contributed by atoms with Gasteiger partial charge in [0.05, 0.1) is 12.8 Å². The average molecular weight is 258 g/mol. The summed E-state index contributed by atoms with van der Waals surface area (Å²) >= 11 is 1.43. The molecule has 0 saturated carbocycles. The molecular weight excluding hydrogens is 244 g/mol. The number of anilines is 1. The Morgan fingerprint density at radius 3 is 2.56 bits per heavy atom. The molecule has 2 aromatic rings. The maximum absolute atomic E-state index is 9.00. The predicted molar refractivity (Wildman–Crippen MR) is 74.9 cm³/mol. The number of thiophene rings is 1. The van der Waals surface area contributed by atoms with Gasteiger partial charge in [0.15, 0.2) is 0 Å². The van der Waals surface area contributed by atoms with E-state index in [2.05, 4.69) is 6.07 Å². The lowest BCUT2D eigenvalue weighted by Crippen LogP contribution is -1.91. The van der Waals surface area contributed by atoms with Crippen molar-refractivity contribution in [1.29, 1.82) is 5.26 Å². The zero-order chi connectivity index (χ0) is 13.3. The first kappa shape index (κ1) is 12.5. The minimum absolute atomic E-state index is 0.574. The van der Waals surface area contributed by atoms with Crippen molar-refractivity contribution < 1.29 is 4.74 Å². The van der Waals surface area contributed by atoms with E-state index in [0.29, 0.717) is 10.6 Å². The summed E-state index contributed by atoms with van der Waals surface area (Å²) in [5.74, 6) is 0.853. The molecule has 0 aliphatic heterocycles. The Labute approximate surface area is 110 Å². The van der Waals surface area contributed by atoms with E-state index in [4.69, 9.17) is 15.7 Å². The topological polar surface area (TPSA) is 59.0 Å². The Bertz CT molecular complexity index is 638. The van der Waals surface area contributed by atoms with Crippen LogP contribution in [0.5, 0.6) is 5.75 Å². The van der Waals surface area contributed by atoms with Gasteiger partial charge in [-0.05, 0) is 37.1 Å².